The fourth-order valence-corrected chi connectivity index (χ4v) is 2.22. The summed E-state index contributed by atoms with van der Waals surface area (Å²) in [6.45, 7) is 0.970. The molecule has 0 amide bonds. The molecule has 1 fully saturated rings. The predicted molar refractivity (Wildman–Crippen MR) is 67.3 cm³/mol. The van der Waals surface area contributed by atoms with Gasteiger partial charge in [0, 0.05) is 6.54 Å². The van der Waals surface area contributed by atoms with Gasteiger partial charge < -0.3 is 5.32 Å². The van der Waals surface area contributed by atoms with E-state index >= 15 is 0 Å². The Morgan fingerprint density at radius 3 is 2.33 bits per heavy atom. The molecule has 1 aromatic carbocycles. The van der Waals surface area contributed by atoms with Gasteiger partial charge in [-0.25, -0.2) is 0 Å². The molecule has 0 spiro atoms. The van der Waals surface area contributed by atoms with Crippen molar-refractivity contribution >= 4 is 40.5 Å². The Kier molecular flexibility index (Phi) is 3.65. The first-order chi connectivity index (χ1) is 7.16. The summed E-state index contributed by atoms with van der Waals surface area (Å²) in [5, 5.41) is 4.97. The molecule has 15 heavy (non-hydrogen) atoms. The van der Waals surface area contributed by atoms with Gasteiger partial charge in [0.05, 0.1) is 20.8 Å². The minimum absolute atomic E-state index is 0.496. The summed E-state index contributed by atoms with van der Waals surface area (Å²) in [6, 6.07) is 3.46. The molecule has 1 nitrogen and oxygen atoms in total. The average Bonchev–Trinajstić information content (AvgIpc) is 2.11. The van der Waals surface area contributed by atoms with Crippen molar-refractivity contribution in [3.8, 4) is 0 Å². The van der Waals surface area contributed by atoms with Gasteiger partial charge in [-0.05, 0) is 30.9 Å². The van der Waals surface area contributed by atoms with E-state index < -0.39 is 0 Å². The van der Waals surface area contributed by atoms with Crippen LogP contribution in [0.3, 0.4) is 0 Å². The molecule has 1 saturated carbocycles. The molecule has 0 unspecified atom stereocenters. The van der Waals surface area contributed by atoms with Gasteiger partial charge in [-0.15, -0.1) is 0 Å². The Morgan fingerprint density at radius 2 is 1.73 bits per heavy atom. The van der Waals surface area contributed by atoms with E-state index in [4.69, 9.17) is 34.8 Å². The lowest BCUT2D eigenvalue weighted by Gasteiger charge is -2.26. The fourth-order valence-electron chi connectivity index (χ4n) is 1.61. The second-order valence-electron chi connectivity index (χ2n) is 3.92. The van der Waals surface area contributed by atoms with Gasteiger partial charge in [0.25, 0.3) is 0 Å². The molecule has 0 bridgehead atoms. The first-order valence-electron chi connectivity index (χ1n) is 5.05. The van der Waals surface area contributed by atoms with Crippen LogP contribution in [0.1, 0.15) is 19.3 Å². The Labute approximate surface area is 105 Å². The number of hydrogen-bond acceptors (Lipinski definition) is 1. The van der Waals surface area contributed by atoms with Gasteiger partial charge in [-0.3, -0.25) is 0 Å². The average molecular weight is 265 g/mol. The molecule has 0 aromatic heterocycles. The molecule has 0 saturated heterocycles. The third-order valence-electron chi connectivity index (χ3n) is 2.82. The van der Waals surface area contributed by atoms with E-state index in [2.05, 4.69) is 5.32 Å². The van der Waals surface area contributed by atoms with Crippen molar-refractivity contribution in [1.82, 2.24) is 0 Å². The number of rotatable bonds is 3. The molecule has 1 N–H and O–H groups in total. The number of halogens is 3. The maximum absolute atomic E-state index is 6.04. The lowest BCUT2D eigenvalue weighted by molar-refractivity contribution is 0.333. The summed E-state index contributed by atoms with van der Waals surface area (Å²) >= 11 is 17.8. The summed E-state index contributed by atoms with van der Waals surface area (Å²) < 4.78 is 0. The number of anilines is 1. The van der Waals surface area contributed by atoms with Crippen molar-refractivity contribution in [1.29, 1.82) is 0 Å². The van der Waals surface area contributed by atoms with Crippen LogP contribution in [0.2, 0.25) is 15.1 Å². The monoisotopic (exact) mass is 263 g/mol. The Morgan fingerprint density at radius 1 is 1.07 bits per heavy atom. The molecular formula is C11H12Cl3N. The number of hydrogen-bond donors (Lipinski definition) is 1. The third-order valence-corrected chi connectivity index (χ3v) is 3.85. The minimum atomic E-state index is 0.496. The van der Waals surface area contributed by atoms with Crippen LogP contribution in [-0.4, -0.2) is 6.54 Å². The van der Waals surface area contributed by atoms with Crippen LogP contribution in [0.4, 0.5) is 5.69 Å². The fraction of sp³-hybridized carbons (Fsp3) is 0.455. The normalized spacial score (nSPS) is 16.2. The van der Waals surface area contributed by atoms with E-state index in [-0.39, 0.29) is 0 Å². The summed E-state index contributed by atoms with van der Waals surface area (Å²) in [5.74, 6) is 0.788. The molecule has 1 aliphatic rings. The van der Waals surface area contributed by atoms with Gasteiger partial charge in [-0.1, -0.05) is 41.2 Å². The van der Waals surface area contributed by atoms with Crippen molar-refractivity contribution in [3.63, 3.8) is 0 Å². The van der Waals surface area contributed by atoms with E-state index in [0.29, 0.717) is 15.1 Å². The van der Waals surface area contributed by atoms with Crippen LogP contribution in [0.15, 0.2) is 12.1 Å². The molecule has 1 aliphatic carbocycles. The van der Waals surface area contributed by atoms with Crippen LogP contribution in [0.25, 0.3) is 0 Å². The molecule has 0 radical (unpaired) electrons. The maximum Gasteiger partial charge on any atom is 0.0653 e. The number of benzene rings is 1. The molecule has 1 aromatic rings. The van der Waals surface area contributed by atoms with Crippen LogP contribution >= 0.6 is 34.8 Å². The predicted octanol–water partition coefficient (Wildman–Crippen LogP) is 4.86. The molecular weight excluding hydrogens is 252 g/mol. The topological polar surface area (TPSA) is 12.0 Å². The molecule has 0 heterocycles. The van der Waals surface area contributed by atoms with Crippen molar-refractivity contribution < 1.29 is 0 Å². The lowest BCUT2D eigenvalue weighted by Crippen LogP contribution is -2.20. The van der Waals surface area contributed by atoms with Crippen LogP contribution < -0.4 is 5.32 Å². The molecule has 0 atom stereocenters. The molecule has 2 rings (SSSR count). The van der Waals surface area contributed by atoms with Gasteiger partial charge in [0.1, 0.15) is 0 Å². The van der Waals surface area contributed by atoms with E-state index in [0.717, 1.165) is 18.2 Å². The maximum atomic E-state index is 6.04. The highest BCUT2D eigenvalue weighted by molar-refractivity contribution is 6.44. The number of nitrogens with one attached hydrogen (secondary N) is 1. The molecule has 0 aliphatic heterocycles. The van der Waals surface area contributed by atoms with Gasteiger partial charge >= 0.3 is 0 Å². The van der Waals surface area contributed by atoms with Crippen LogP contribution in [0.5, 0.6) is 0 Å². The minimum Gasteiger partial charge on any atom is -0.384 e. The first kappa shape index (κ1) is 11.4. The molecule has 4 heteroatoms. The second kappa shape index (κ2) is 4.82. The largest absolute Gasteiger partial charge is 0.384 e. The van der Waals surface area contributed by atoms with Crippen molar-refractivity contribution in [2.75, 3.05) is 11.9 Å². The summed E-state index contributed by atoms with van der Waals surface area (Å²) in [6.07, 6.45) is 3.97. The summed E-state index contributed by atoms with van der Waals surface area (Å²) in [5.41, 5.74) is 0.873. The van der Waals surface area contributed by atoms with Crippen LogP contribution in [0, 0.1) is 5.92 Å². The zero-order valence-corrected chi connectivity index (χ0v) is 10.5. The summed E-state index contributed by atoms with van der Waals surface area (Å²) in [4.78, 5) is 0. The van der Waals surface area contributed by atoms with Crippen molar-refractivity contribution in [2.24, 2.45) is 5.92 Å². The van der Waals surface area contributed by atoms with Gasteiger partial charge in [0.15, 0.2) is 0 Å². The van der Waals surface area contributed by atoms with Gasteiger partial charge in [0.2, 0.25) is 0 Å². The zero-order valence-electron chi connectivity index (χ0n) is 8.19. The highest BCUT2D eigenvalue weighted by atomic mass is 35.5. The van der Waals surface area contributed by atoms with E-state index in [1.807, 2.05) is 0 Å². The van der Waals surface area contributed by atoms with Crippen molar-refractivity contribution in [2.45, 2.75) is 19.3 Å². The lowest BCUT2D eigenvalue weighted by atomic mass is 9.85. The molecule has 82 valence electrons. The standard InChI is InChI=1S/C11H12Cl3N/c12-8-4-10(14)11(5-9(8)13)15-6-7-2-1-3-7/h4-5,7,15H,1-3,6H2. The van der Waals surface area contributed by atoms with E-state index in [9.17, 15) is 0 Å². The SMILES string of the molecule is Clc1cc(Cl)c(NCC2CCC2)cc1Cl. The highest BCUT2D eigenvalue weighted by Crippen LogP contribution is 2.33. The smallest absolute Gasteiger partial charge is 0.0653 e. The van der Waals surface area contributed by atoms with Crippen LogP contribution in [-0.2, 0) is 0 Å². The second-order valence-corrected chi connectivity index (χ2v) is 5.15. The quantitative estimate of drug-likeness (QED) is 0.769. The Bertz CT molecular complexity index is 361. The van der Waals surface area contributed by atoms with E-state index in [1.54, 1.807) is 12.1 Å². The Hall–Kier alpha value is -0.110. The van der Waals surface area contributed by atoms with Crippen molar-refractivity contribution in [3.05, 3.63) is 27.2 Å². The third kappa shape index (κ3) is 2.72. The van der Waals surface area contributed by atoms with Gasteiger partial charge in [-0.2, -0.15) is 0 Å². The Balaban J connectivity index is 2.03. The zero-order chi connectivity index (χ0) is 10.8. The van der Waals surface area contributed by atoms with E-state index in [1.165, 1.54) is 19.3 Å². The highest BCUT2D eigenvalue weighted by Gasteiger charge is 2.17. The first-order valence-corrected chi connectivity index (χ1v) is 6.18. The summed E-state index contributed by atoms with van der Waals surface area (Å²) in [7, 11) is 0.